The molecule has 4 atom stereocenters. The summed E-state index contributed by atoms with van der Waals surface area (Å²) >= 11 is 0. The van der Waals surface area contributed by atoms with E-state index in [1.807, 2.05) is 97.1 Å². The molecule has 10 heteroatoms. The van der Waals surface area contributed by atoms with Crippen molar-refractivity contribution in [3.8, 4) is 0 Å². The molecule has 8 rings (SSSR count). The molecule has 4 saturated heterocycles. The molecule has 4 amide bonds. The summed E-state index contributed by atoms with van der Waals surface area (Å²) in [7, 11) is 0. The molecule has 0 radical (unpaired) electrons. The van der Waals surface area contributed by atoms with Crippen molar-refractivity contribution >= 4 is 47.2 Å². The summed E-state index contributed by atoms with van der Waals surface area (Å²) in [4.78, 5) is 62.6. The highest BCUT2D eigenvalue weighted by atomic mass is 16.2. The van der Waals surface area contributed by atoms with Crippen molar-refractivity contribution in [2.45, 2.75) is 88.6 Å². The van der Waals surface area contributed by atoms with Crippen LogP contribution in [-0.4, -0.2) is 93.6 Å². The van der Waals surface area contributed by atoms with E-state index in [4.69, 9.17) is 0 Å². The lowest BCUT2D eigenvalue weighted by Crippen LogP contribution is -2.50. The lowest BCUT2D eigenvalue weighted by Gasteiger charge is -2.31. The molecule has 1 unspecified atom stereocenters. The second kappa shape index (κ2) is 18.3. The molecular weight excluding hydrogens is 725 g/mol. The summed E-state index contributed by atoms with van der Waals surface area (Å²) in [5.74, 6) is -0.138. The zero-order valence-corrected chi connectivity index (χ0v) is 33.2. The normalized spacial score (nSPS) is 22.5. The quantitative estimate of drug-likeness (QED) is 0.150. The number of rotatable bonds is 12. The lowest BCUT2D eigenvalue weighted by atomic mass is 10.1. The van der Waals surface area contributed by atoms with Gasteiger partial charge >= 0.3 is 0 Å². The van der Waals surface area contributed by atoms with Gasteiger partial charge in [0, 0.05) is 37.6 Å². The number of likely N-dealkylation sites (tertiary alicyclic amines) is 4. The van der Waals surface area contributed by atoms with Crippen molar-refractivity contribution in [3.05, 3.63) is 131 Å². The molecule has 2 N–H and O–H groups in total. The van der Waals surface area contributed by atoms with Gasteiger partial charge in [0.1, 0.15) is 12.1 Å². The maximum absolute atomic E-state index is 13.8. The first kappa shape index (κ1) is 39.3. The smallest absolute Gasteiger partial charge is 0.247 e. The first-order chi connectivity index (χ1) is 28.4. The standard InChI is InChI=1S/C48H54N6O4/c55-45(41-15-9-31-53(41)47(57)43-17-7-29-51(43)33-37-11-3-1-4-12-37)49-39-25-21-35(22-26-39)19-20-36-23-27-40(28-24-36)50-46(56)42-16-10-32-54(42)48(58)44-18-8-30-52(44)34-38-13-5-2-6-14-38/h1-6,11-14,19-28,41-44H,7-10,15-18,29-34H2,(H,49,55)(H,50,56)/b20-19+/t41-,42-,43-,44?/m0/s1. The Hall–Kier alpha value is -5.58. The molecule has 10 nitrogen and oxygen atoms in total. The van der Waals surface area contributed by atoms with Crippen LogP contribution in [0.5, 0.6) is 0 Å². The molecule has 4 aromatic rings. The van der Waals surface area contributed by atoms with Crippen molar-refractivity contribution in [2.75, 3.05) is 36.8 Å². The third-order valence-corrected chi connectivity index (χ3v) is 12.3. The zero-order chi connectivity index (χ0) is 39.8. The fraction of sp³-hybridized carbons (Fsp3) is 0.375. The van der Waals surface area contributed by atoms with Gasteiger partial charge in [0.25, 0.3) is 0 Å². The van der Waals surface area contributed by atoms with Gasteiger partial charge in [0.2, 0.25) is 23.6 Å². The van der Waals surface area contributed by atoms with Crippen LogP contribution in [-0.2, 0) is 32.3 Å². The fourth-order valence-corrected chi connectivity index (χ4v) is 9.21. The molecule has 0 saturated carbocycles. The summed E-state index contributed by atoms with van der Waals surface area (Å²) in [6.07, 6.45) is 10.6. The number of benzene rings is 4. The van der Waals surface area contributed by atoms with Crippen LogP contribution in [0.2, 0.25) is 0 Å². The third-order valence-electron chi connectivity index (χ3n) is 12.3. The molecule has 0 aliphatic carbocycles. The Balaban J connectivity index is 0.813. The van der Waals surface area contributed by atoms with Crippen LogP contribution in [0.25, 0.3) is 12.2 Å². The maximum Gasteiger partial charge on any atom is 0.247 e. The van der Waals surface area contributed by atoms with E-state index >= 15 is 0 Å². The predicted molar refractivity (Wildman–Crippen MR) is 228 cm³/mol. The number of hydrogen-bond donors (Lipinski definition) is 2. The van der Waals surface area contributed by atoms with E-state index in [1.165, 1.54) is 11.1 Å². The SMILES string of the molecule is O=C(Nc1ccc(/C=C/c2ccc(NC(=O)[C@@H]3CCCN3C(=O)[C@@H]3CCCN3Cc3ccccc3)cc2)cc1)[C@@H]1CCCN1C(=O)C1CCCN1Cc1ccccc1. The van der Waals surface area contributed by atoms with Gasteiger partial charge in [0.15, 0.2) is 0 Å². The Bertz CT molecular complexity index is 1920. The van der Waals surface area contributed by atoms with Gasteiger partial charge in [-0.1, -0.05) is 97.1 Å². The van der Waals surface area contributed by atoms with E-state index in [2.05, 4.69) is 44.7 Å². The number of anilines is 2. The van der Waals surface area contributed by atoms with Gasteiger partial charge in [0.05, 0.1) is 12.1 Å². The minimum Gasteiger partial charge on any atom is -0.329 e. The molecule has 300 valence electrons. The van der Waals surface area contributed by atoms with Crippen LogP contribution < -0.4 is 10.6 Å². The molecule has 4 fully saturated rings. The highest BCUT2D eigenvalue weighted by Crippen LogP contribution is 2.29. The molecule has 58 heavy (non-hydrogen) atoms. The molecule has 4 aliphatic rings. The fourth-order valence-electron chi connectivity index (χ4n) is 9.21. The average molecular weight is 779 g/mol. The monoisotopic (exact) mass is 778 g/mol. The Morgan fingerprint density at radius 1 is 0.466 bits per heavy atom. The van der Waals surface area contributed by atoms with E-state index in [0.717, 1.165) is 75.8 Å². The molecule has 0 spiro atoms. The van der Waals surface area contributed by atoms with Gasteiger partial charge in [-0.05, 0) is 111 Å². The molecular formula is C48H54N6O4. The lowest BCUT2D eigenvalue weighted by molar-refractivity contribution is -0.140. The summed E-state index contributed by atoms with van der Waals surface area (Å²) in [6, 6.07) is 34.6. The van der Waals surface area contributed by atoms with Gasteiger partial charge in [-0.15, -0.1) is 0 Å². The van der Waals surface area contributed by atoms with Crippen LogP contribution in [0.15, 0.2) is 109 Å². The number of nitrogens with zero attached hydrogens (tertiary/aromatic N) is 4. The first-order valence-electron chi connectivity index (χ1n) is 21.1. The van der Waals surface area contributed by atoms with Crippen LogP contribution in [0.3, 0.4) is 0 Å². The Morgan fingerprint density at radius 3 is 1.22 bits per heavy atom. The van der Waals surface area contributed by atoms with Crippen LogP contribution >= 0.6 is 0 Å². The highest BCUT2D eigenvalue weighted by molar-refractivity contribution is 5.99. The Kier molecular flexibility index (Phi) is 12.4. The van der Waals surface area contributed by atoms with E-state index < -0.39 is 12.1 Å². The Labute approximate surface area is 341 Å². The minimum atomic E-state index is -0.466. The van der Waals surface area contributed by atoms with E-state index in [-0.39, 0.29) is 35.7 Å². The summed E-state index contributed by atoms with van der Waals surface area (Å²) < 4.78 is 0. The topological polar surface area (TPSA) is 105 Å². The second-order valence-corrected chi connectivity index (χ2v) is 16.2. The number of carbonyl (C=O) groups excluding carboxylic acids is 4. The van der Waals surface area contributed by atoms with E-state index in [9.17, 15) is 19.2 Å². The number of nitrogens with one attached hydrogen (secondary N) is 2. The van der Waals surface area contributed by atoms with Gasteiger partial charge < -0.3 is 20.4 Å². The van der Waals surface area contributed by atoms with Gasteiger partial charge in [-0.2, -0.15) is 0 Å². The summed E-state index contributed by atoms with van der Waals surface area (Å²) in [5, 5.41) is 6.12. The molecule has 4 aromatic carbocycles. The van der Waals surface area contributed by atoms with Crippen molar-refractivity contribution in [1.82, 2.24) is 19.6 Å². The Morgan fingerprint density at radius 2 is 0.828 bits per heavy atom. The number of hydrogen-bond acceptors (Lipinski definition) is 6. The zero-order valence-electron chi connectivity index (χ0n) is 33.2. The third kappa shape index (κ3) is 9.24. The highest BCUT2D eigenvalue weighted by Gasteiger charge is 2.42. The van der Waals surface area contributed by atoms with E-state index in [0.29, 0.717) is 37.3 Å². The number of carbonyl (C=O) groups is 4. The van der Waals surface area contributed by atoms with Crippen molar-refractivity contribution in [2.24, 2.45) is 0 Å². The van der Waals surface area contributed by atoms with Crippen LogP contribution in [0.1, 0.15) is 73.6 Å². The average Bonchev–Trinajstić information content (AvgIpc) is 4.10. The second-order valence-electron chi connectivity index (χ2n) is 16.2. The van der Waals surface area contributed by atoms with Crippen LogP contribution in [0, 0.1) is 0 Å². The number of amides is 4. The molecule has 4 aliphatic heterocycles. The van der Waals surface area contributed by atoms with E-state index in [1.54, 1.807) is 9.80 Å². The molecule has 0 aromatic heterocycles. The van der Waals surface area contributed by atoms with Crippen LogP contribution in [0.4, 0.5) is 11.4 Å². The predicted octanol–water partition coefficient (Wildman–Crippen LogP) is 7.05. The van der Waals surface area contributed by atoms with Gasteiger partial charge in [-0.3, -0.25) is 29.0 Å². The molecule has 4 heterocycles. The largest absolute Gasteiger partial charge is 0.329 e. The summed E-state index contributed by atoms with van der Waals surface area (Å²) in [5.41, 5.74) is 5.74. The first-order valence-corrected chi connectivity index (χ1v) is 21.1. The maximum atomic E-state index is 13.8. The molecule has 0 bridgehead atoms. The van der Waals surface area contributed by atoms with Crippen molar-refractivity contribution < 1.29 is 19.2 Å². The van der Waals surface area contributed by atoms with Crippen molar-refractivity contribution in [3.63, 3.8) is 0 Å². The van der Waals surface area contributed by atoms with Crippen molar-refractivity contribution in [1.29, 1.82) is 0 Å². The minimum absolute atomic E-state index is 0.0694. The summed E-state index contributed by atoms with van der Waals surface area (Å²) in [6.45, 7) is 4.48. The van der Waals surface area contributed by atoms with Gasteiger partial charge in [-0.25, -0.2) is 0 Å².